The molecule has 6 nitrogen and oxygen atoms in total. The van der Waals surface area contributed by atoms with Crippen molar-refractivity contribution in [1.29, 1.82) is 0 Å². The second-order valence-corrected chi connectivity index (χ2v) is 10.4. The van der Waals surface area contributed by atoms with Gasteiger partial charge in [0.15, 0.2) is 0 Å². The summed E-state index contributed by atoms with van der Waals surface area (Å²) in [6.45, 7) is 0.994. The third-order valence-electron chi connectivity index (χ3n) is 7.28. The van der Waals surface area contributed by atoms with E-state index in [2.05, 4.69) is 9.97 Å². The van der Waals surface area contributed by atoms with Crippen LogP contribution in [-0.4, -0.2) is 50.0 Å². The molecule has 0 radical (unpaired) electrons. The second-order valence-electron chi connectivity index (χ2n) is 8.91. The van der Waals surface area contributed by atoms with Gasteiger partial charge in [-0.05, 0) is 31.7 Å². The molecule has 4 heterocycles. The number of carbonyl (C=O) groups is 2. The molecule has 1 unspecified atom stereocenters. The van der Waals surface area contributed by atoms with Gasteiger partial charge in [-0.15, -0.1) is 22.9 Å². The molecule has 2 aliphatic heterocycles. The van der Waals surface area contributed by atoms with Gasteiger partial charge in [0.2, 0.25) is 0 Å². The Hall–Kier alpha value is -2.77. The van der Waals surface area contributed by atoms with Crippen LogP contribution in [0.1, 0.15) is 52.1 Å². The van der Waals surface area contributed by atoms with Crippen LogP contribution in [-0.2, 0) is 5.66 Å². The van der Waals surface area contributed by atoms with Gasteiger partial charge >= 0.3 is 0 Å². The number of nitrogens with zero attached hydrogens (tertiary/aromatic N) is 4. The van der Waals surface area contributed by atoms with Crippen molar-refractivity contribution in [3.05, 3.63) is 71.0 Å². The fourth-order valence-corrected chi connectivity index (χ4v) is 6.90. The van der Waals surface area contributed by atoms with Crippen LogP contribution in [0.2, 0.25) is 0 Å². The molecule has 2 fully saturated rings. The van der Waals surface area contributed by atoms with E-state index in [1.165, 1.54) is 11.3 Å². The standard InChI is InChI=1S/C25H23ClN4O2S/c26-18-8-6-17(7-9-18)25-20-14-27-11-10-19(20)23(31)29(25)12-13-30(25)24(32)21-15-33-22(28-21)16-4-2-1-3-5-16/h1-5,10-11,14-15,17-18H,6-9,12-13H2. The molecule has 1 saturated heterocycles. The molecule has 1 aromatic carbocycles. The summed E-state index contributed by atoms with van der Waals surface area (Å²) in [5.41, 5.74) is 2.10. The number of fused-ring (bicyclic) bond motifs is 3. The third-order valence-corrected chi connectivity index (χ3v) is 8.61. The zero-order valence-electron chi connectivity index (χ0n) is 18.0. The Bertz CT molecular complexity index is 1220. The molecule has 2 amide bonds. The second kappa shape index (κ2) is 7.92. The molecule has 8 heteroatoms. The smallest absolute Gasteiger partial charge is 0.275 e. The van der Waals surface area contributed by atoms with Crippen molar-refractivity contribution in [2.75, 3.05) is 13.1 Å². The molecule has 2 aromatic heterocycles. The lowest BCUT2D eigenvalue weighted by atomic mass is 9.76. The first-order valence-corrected chi connectivity index (χ1v) is 12.7. The number of alkyl halides is 1. The number of rotatable bonds is 3. The van der Waals surface area contributed by atoms with Crippen molar-refractivity contribution in [3.8, 4) is 10.6 Å². The van der Waals surface area contributed by atoms with E-state index in [0.717, 1.165) is 41.8 Å². The minimum Gasteiger partial charge on any atom is -0.309 e. The number of aromatic nitrogens is 2. The van der Waals surface area contributed by atoms with Crippen LogP contribution in [0.4, 0.5) is 0 Å². The monoisotopic (exact) mass is 478 g/mol. The van der Waals surface area contributed by atoms with Crippen LogP contribution < -0.4 is 0 Å². The highest BCUT2D eigenvalue weighted by Crippen LogP contribution is 2.54. The maximum atomic E-state index is 13.9. The van der Waals surface area contributed by atoms with E-state index in [4.69, 9.17) is 11.6 Å². The highest BCUT2D eigenvalue weighted by molar-refractivity contribution is 7.13. The Kier molecular flexibility index (Phi) is 4.99. The van der Waals surface area contributed by atoms with Crippen LogP contribution in [0, 0.1) is 5.92 Å². The molecule has 0 N–H and O–H groups in total. The average molecular weight is 479 g/mol. The van der Waals surface area contributed by atoms with Crippen LogP contribution in [0.5, 0.6) is 0 Å². The number of benzene rings is 1. The van der Waals surface area contributed by atoms with Gasteiger partial charge in [-0.2, -0.15) is 0 Å². The molecule has 0 bridgehead atoms. The molecule has 1 aliphatic carbocycles. The Morgan fingerprint density at radius 3 is 2.67 bits per heavy atom. The predicted molar refractivity (Wildman–Crippen MR) is 127 cm³/mol. The normalized spacial score (nSPS) is 26.4. The fraction of sp³-hybridized carbons (Fsp3) is 0.360. The van der Waals surface area contributed by atoms with Crippen LogP contribution >= 0.6 is 22.9 Å². The Labute approximate surface area is 201 Å². The van der Waals surface area contributed by atoms with Gasteiger partial charge in [0, 0.05) is 53.3 Å². The van der Waals surface area contributed by atoms with E-state index < -0.39 is 5.66 Å². The van der Waals surface area contributed by atoms with Gasteiger partial charge in [0.05, 0.1) is 5.56 Å². The maximum Gasteiger partial charge on any atom is 0.275 e. The van der Waals surface area contributed by atoms with Crippen molar-refractivity contribution in [2.24, 2.45) is 5.92 Å². The van der Waals surface area contributed by atoms with Gasteiger partial charge in [-0.25, -0.2) is 4.98 Å². The molecule has 1 saturated carbocycles. The van der Waals surface area contributed by atoms with Crippen molar-refractivity contribution < 1.29 is 9.59 Å². The average Bonchev–Trinajstić information content (AvgIpc) is 3.55. The SMILES string of the molecule is O=C(c1csc(-c2ccccc2)n1)N1CCN2C(=O)c3ccncc3C12C1CCC(Cl)CC1. The molecule has 1 atom stereocenters. The van der Waals surface area contributed by atoms with E-state index in [-0.39, 0.29) is 23.1 Å². The van der Waals surface area contributed by atoms with Gasteiger partial charge in [-0.1, -0.05) is 30.3 Å². The molecule has 6 rings (SSSR count). The van der Waals surface area contributed by atoms with Gasteiger partial charge in [0.25, 0.3) is 11.8 Å². The third kappa shape index (κ3) is 3.05. The topological polar surface area (TPSA) is 66.4 Å². The number of carbonyl (C=O) groups excluding carboxylic acids is 2. The highest BCUT2D eigenvalue weighted by Gasteiger charge is 2.62. The lowest BCUT2D eigenvalue weighted by molar-refractivity contribution is -0.0241. The van der Waals surface area contributed by atoms with Crippen molar-refractivity contribution in [3.63, 3.8) is 0 Å². The summed E-state index contributed by atoms with van der Waals surface area (Å²) in [5.74, 6) is -0.0343. The number of amides is 2. The Balaban J connectivity index is 1.43. The zero-order valence-corrected chi connectivity index (χ0v) is 19.6. The Morgan fingerprint density at radius 2 is 1.88 bits per heavy atom. The summed E-state index contributed by atoms with van der Waals surface area (Å²) in [4.78, 5) is 40.2. The van der Waals surface area contributed by atoms with Crippen LogP contribution in [0.3, 0.4) is 0 Å². The predicted octanol–water partition coefficient (Wildman–Crippen LogP) is 4.77. The van der Waals surface area contributed by atoms with E-state index in [1.807, 2.05) is 45.5 Å². The van der Waals surface area contributed by atoms with Crippen molar-refractivity contribution in [1.82, 2.24) is 19.8 Å². The summed E-state index contributed by atoms with van der Waals surface area (Å²) in [6, 6.07) is 11.7. The lowest BCUT2D eigenvalue weighted by Gasteiger charge is -2.47. The van der Waals surface area contributed by atoms with Gasteiger partial charge in [-0.3, -0.25) is 14.6 Å². The Morgan fingerprint density at radius 1 is 1.09 bits per heavy atom. The minimum atomic E-state index is -0.814. The number of hydrogen-bond donors (Lipinski definition) is 0. The summed E-state index contributed by atoms with van der Waals surface area (Å²) >= 11 is 7.90. The lowest BCUT2D eigenvalue weighted by Crippen LogP contribution is -2.56. The van der Waals surface area contributed by atoms with Crippen LogP contribution in [0.15, 0.2) is 54.2 Å². The molecule has 168 valence electrons. The zero-order chi connectivity index (χ0) is 22.6. The summed E-state index contributed by atoms with van der Waals surface area (Å²) in [5, 5.41) is 2.79. The van der Waals surface area contributed by atoms with Crippen LogP contribution in [0.25, 0.3) is 10.6 Å². The summed E-state index contributed by atoms with van der Waals surface area (Å²) in [6.07, 6.45) is 6.92. The number of hydrogen-bond acceptors (Lipinski definition) is 5. The minimum absolute atomic E-state index is 0.0149. The van der Waals surface area contributed by atoms with E-state index in [0.29, 0.717) is 24.3 Å². The molecular formula is C25H23ClN4O2S. The number of pyridine rings is 1. The number of halogens is 1. The maximum absolute atomic E-state index is 13.9. The first kappa shape index (κ1) is 20.8. The fourth-order valence-electron chi connectivity index (χ4n) is 5.85. The first-order chi connectivity index (χ1) is 16.1. The molecule has 0 spiro atoms. The molecule has 33 heavy (non-hydrogen) atoms. The first-order valence-electron chi connectivity index (χ1n) is 11.3. The quantitative estimate of drug-likeness (QED) is 0.509. The molecule has 3 aromatic rings. The molecular weight excluding hydrogens is 456 g/mol. The highest BCUT2D eigenvalue weighted by atomic mass is 35.5. The largest absolute Gasteiger partial charge is 0.309 e. The van der Waals surface area contributed by atoms with E-state index in [1.54, 1.807) is 18.5 Å². The molecule has 3 aliphatic rings. The van der Waals surface area contributed by atoms with E-state index >= 15 is 0 Å². The van der Waals surface area contributed by atoms with Gasteiger partial charge in [0.1, 0.15) is 16.4 Å². The summed E-state index contributed by atoms with van der Waals surface area (Å²) < 4.78 is 0. The van der Waals surface area contributed by atoms with Crippen molar-refractivity contribution in [2.45, 2.75) is 36.7 Å². The van der Waals surface area contributed by atoms with Crippen molar-refractivity contribution >= 4 is 34.8 Å². The summed E-state index contributed by atoms with van der Waals surface area (Å²) in [7, 11) is 0. The van der Waals surface area contributed by atoms with Gasteiger partial charge < -0.3 is 9.80 Å². The van der Waals surface area contributed by atoms with E-state index in [9.17, 15) is 9.59 Å². The number of thiazole rings is 1.